The first-order valence-corrected chi connectivity index (χ1v) is 6.11. The molecule has 0 saturated heterocycles. The second-order valence-electron chi connectivity index (χ2n) is 4.66. The van der Waals surface area contributed by atoms with Crippen LogP contribution in [0.1, 0.15) is 5.56 Å². The summed E-state index contributed by atoms with van der Waals surface area (Å²) in [5.74, 6) is 0. The van der Waals surface area contributed by atoms with Gasteiger partial charge in [-0.2, -0.15) is 0 Å². The molecule has 3 aromatic carbocycles. The fourth-order valence-corrected chi connectivity index (χ4v) is 2.87. The van der Waals surface area contributed by atoms with Crippen molar-refractivity contribution < 1.29 is 0 Å². The molecule has 0 radical (unpaired) electrons. The van der Waals surface area contributed by atoms with Crippen molar-refractivity contribution in [1.82, 2.24) is 0 Å². The monoisotopic (exact) mass is 255 g/mol. The smallest absolute Gasteiger partial charge is 0.0453 e. The minimum Gasteiger partial charge on any atom is -0.384 e. The van der Waals surface area contributed by atoms with Gasteiger partial charge in [-0.25, -0.2) is 0 Å². The van der Waals surface area contributed by atoms with Gasteiger partial charge in [0.2, 0.25) is 0 Å². The van der Waals surface area contributed by atoms with Crippen LogP contribution in [0.2, 0.25) is 0 Å². The third-order valence-corrected chi connectivity index (χ3v) is 3.71. The van der Waals surface area contributed by atoms with E-state index < -0.39 is 0 Å². The van der Waals surface area contributed by atoms with Gasteiger partial charge in [-0.3, -0.25) is 0 Å². The van der Waals surface area contributed by atoms with Crippen molar-refractivity contribution in [2.24, 2.45) is 0 Å². The van der Waals surface area contributed by atoms with Crippen molar-refractivity contribution in [1.29, 1.82) is 0 Å². The maximum Gasteiger partial charge on any atom is 0.0453 e. The molecular weight excluding hydrogens is 242 g/mol. The molecule has 0 saturated carbocycles. The zero-order chi connectivity index (χ0) is 11.2. The highest BCUT2D eigenvalue weighted by Gasteiger charge is 2.13. The third kappa shape index (κ3) is 1.48. The van der Waals surface area contributed by atoms with Gasteiger partial charge >= 0.3 is 0 Å². The molecule has 1 heterocycles. The van der Waals surface area contributed by atoms with Gasteiger partial charge in [0.1, 0.15) is 0 Å². The van der Waals surface area contributed by atoms with Crippen LogP contribution in [0.5, 0.6) is 0 Å². The van der Waals surface area contributed by atoms with Gasteiger partial charge in [0.05, 0.1) is 0 Å². The van der Waals surface area contributed by atoms with Gasteiger partial charge in [-0.1, -0.05) is 48.5 Å². The Bertz CT molecular complexity index is 734. The zero-order valence-corrected chi connectivity index (χ0v) is 10.8. The Kier molecular flexibility index (Phi) is 2.64. The molecular formula is C16H14ClN. The van der Waals surface area contributed by atoms with Crippen LogP contribution in [0.4, 0.5) is 5.69 Å². The predicted molar refractivity (Wildman–Crippen MR) is 80.9 cm³/mol. The predicted octanol–water partition coefficient (Wildman–Crippen LogP) is 4.38. The lowest BCUT2D eigenvalue weighted by Crippen LogP contribution is -1.91. The minimum absolute atomic E-state index is 0. The lowest BCUT2D eigenvalue weighted by molar-refractivity contribution is 1.11. The van der Waals surface area contributed by atoms with Crippen LogP contribution in [0.3, 0.4) is 0 Å². The molecule has 1 nitrogen and oxygen atoms in total. The first kappa shape index (κ1) is 11.4. The number of halogens is 1. The molecule has 0 spiro atoms. The van der Waals surface area contributed by atoms with Crippen molar-refractivity contribution >= 4 is 39.6 Å². The summed E-state index contributed by atoms with van der Waals surface area (Å²) in [7, 11) is 0. The summed E-state index contributed by atoms with van der Waals surface area (Å²) in [5, 5.41) is 8.89. The molecule has 4 rings (SSSR count). The first-order valence-electron chi connectivity index (χ1n) is 6.11. The van der Waals surface area contributed by atoms with Crippen LogP contribution >= 0.6 is 12.4 Å². The van der Waals surface area contributed by atoms with Crippen LogP contribution in [-0.4, -0.2) is 6.54 Å². The molecule has 2 heteroatoms. The maximum atomic E-state index is 3.51. The molecule has 0 fully saturated rings. The third-order valence-electron chi connectivity index (χ3n) is 3.71. The second kappa shape index (κ2) is 4.18. The average molecular weight is 256 g/mol. The number of benzene rings is 3. The van der Waals surface area contributed by atoms with E-state index in [1.54, 1.807) is 0 Å². The summed E-state index contributed by atoms with van der Waals surface area (Å²) < 4.78 is 0. The lowest BCUT2D eigenvalue weighted by atomic mass is 9.99. The number of nitrogens with one attached hydrogen (secondary N) is 1. The maximum absolute atomic E-state index is 3.51. The Morgan fingerprint density at radius 1 is 0.778 bits per heavy atom. The number of anilines is 1. The largest absolute Gasteiger partial charge is 0.384 e. The Labute approximate surface area is 112 Å². The minimum atomic E-state index is 0. The molecule has 3 aromatic rings. The van der Waals surface area contributed by atoms with E-state index in [2.05, 4.69) is 53.8 Å². The summed E-state index contributed by atoms with van der Waals surface area (Å²) in [6.07, 6.45) is 1.15. The van der Waals surface area contributed by atoms with Gasteiger partial charge in [0, 0.05) is 17.6 Å². The molecule has 1 aliphatic heterocycles. The summed E-state index contributed by atoms with van der Waals surface area (Å²) in [4.78, 5) is 0. The lowest BCUT2D eigenvalue weighted by Gasteiger charge is -2.08. The molecule has 90 valence electrons. The Morgan fingerprint density at radius 2 is 1.61 bits per heavy atom. The van der Waals surface area contributed by atoms with Gasteiger partial charge in [0.15, 0.2) is 0 Å². The fourth-order valence-electron chi connectivity index (χ4n) is 2.87. The zero-order valence-electron chi connectivity index (χ0n) is 9.94. The molecule has 1 aliphatic rings. The fraction of sp³-hybridized carbons (Fsp3) is 0.125. The van der Waals surface area contributed by atoms with E-state index in [-0.39, 0.29) is 12.4 Å². The van der Waals surface area contributed by atoms with Crippen LogP contribution in [0.15, 0.2) is 48.5 Å². The van der Waals surface area contributed by atoms with Crippen molar-refractivity contribution in [2.75, 3.05) is 11.9 Å². The van der Waals surface area contributed by atoms with Gasteiger partial charge in [0.25, 0.3) is 0 Å². The quantitative estimate of drug-likeness (QED) is 0.588. The number of hydrogen-bond donors (Lipinski definition) is 1. The van der Waals surface area contributed by atoms with Crippen molar-refractivity contribution in [3.63, 3.8) is 0 Å². The van der Waals surface area contributed by atoms with Crippen LogP contribution in [0, 0.1) is 0 Å². The topological polar surface area (TPSA) is 12.0 Å². The molecule has 1 N–H and O–H groups in total. The standard InChI is InChI=1S/C16H13N.ClH/c1-2-4-13-11(3-1)5-8-15-14(13)7-6-12-9-10-17-16(12)15;/h1-8,17H,9-10H2;1H. The molecule has 0 amide bonds. The summed E-state index contributed by atoms with van der Waals surface area (Å²) >= 11 is 0. The van der Waals surface area contributed by atoms with E-state index >= 15 is 0 Å². The van der Waals surface area contributed by atoms with Crippen LogP contribution < -0.4 is 5.32 Å². The van der Waals surface area contributed by atoms with Gasteiger partial charge in [-0.15, -0.1) is 12.4 Å². The highest BCUT2D eigenvalue weighted by atomic mass is 35.5. The first-order chi connectivity index (χ1) is 8.43. The van der Waals surface area contributed by atoms with Crippen molar-refractivity contribution in [3.8, 4) is 0 Å². The van der Waals surface area contributed by atoms with E-state index in [9.17, 15) is 0 Å². The van der Waals surface area contributed by atoms with E-state index in [4.69, 9.17) is 0 Å². The van der Waals surface area contributed by atoms with Crippen molar-refractivity contribution in [2.45, 2.75) is 6.42 Å². The van der Waals surface area contributed by atoms with E-state index in [0.29, 0.717) is 0 Å². The number of hydrogen-bond acceptors (Lipinski definition) is 1. The molecule has 0 unspecified atom stereocenters. The van der Waals surface area contributed by atoms with Crippen LogP contribution in [-0.2, 0) is 6.42 Å². The second-order valence-corrected chi connectivity index (χ2v) is 4.66. The average Bonchev–Trinajstić information content (AvgIpc) is 2.86. The summed E-state index contributed by atoms with van der Waals surface area (Å²) in [5.41, 5.74) is 2.79. The van der Waals surface area contributed by atoms with Crippen molar-refractivity contribution in [3.05, 3.63) is 54.1 Å². The highest BCUT2D eigenvalue weighted by Crippen LogP contribution is 2.35. The van der Waals surface area contributed by atoms with E-state index in [0.717, 1.165) is 13.0 Å². The van der Waals surface area contributed by atoms with E-state index in [1.807, 2.05) is 0 Å². The highest BCUT2D eigenvalue weighted by molar-refractivity contribution is 6.12. The van der Waals surface area contributed by atoms with Crippen LogP contribution in [0.25, 0.3) is 21.5 Å². The summed E-state index contributed by atoms with van der Waals surface area (Å²) in [6, 6.07) is 17.6. The molecule has 0 aromatic heterocycles. The molecule has 0 bridgehead atoms. The van der Waals surface area contributed by atoms with E-state index in [1.165, 1.54) is 32.8 Å². The van der Waals surface area contributed by atoms with Gasteiger partial charge < -0.3 is 5.32 Å². The molecule has 0 atom stereocenters. The Hall–Kier alpha value is -1.73. The normalized spacial score (nSPS) is 13.1. The molecule has 0 aliphatic carbocycles. The SMILES string of the molecule is Cl.c1ccc2c(c1)ccc1c3c(ccc12)CCN3. The van der Waals surface area contributed by atoms with Gasteiger partial charge in [-0.05, 0) is 28.1 Å². The molecule has 18 heavy (non-hydrogen) atoms. The summed E-state index contributed by atoms with van der Waals surface area (Å²) in [6.45, 7) is 1.07. The Morgan fingerprint density at radius 3 is 2.56 bits per heavy atom. The number of fused-ring (bicyclic) bond motifs is 5. The number of rotatable bonds is 0. The Balaban J connectivity index is 0.000001000.